The van der Waals surface area contributed by atoms with Crippen LogP contribution in [0.2, 0.25) is 0 Å². The third kappa shape index (κ3) is 6.95. The van der Waals surface area contributed by atoms with Crippen molar-refractivity contribution in [3.05, 3.63) is 29.8 Å². The SMILES string of the molecule is CCOC(=O)c1ccccc1NC(=O)COC(=O)CC(C)(C)C. The molecule has 1 rings (SSSR count). The Balaban J connectivity index is 2.61. The molecule has 6 nitrogen and oxygen atoms in total. The molecule has 0 atom stereocenters. The van der Waals surface area contributed by atoms with Gasteiger partial charge in [-0.05, 0) is 24.5 Å². The molecule has 1 N–H and O–H groups in total. The summed E-state index contributed by atoms with van der Waals surface area (Å²) < 4.78 is 9.86. The van der Waals surface area contributed by atoms with Crippen LogP contribution in [0.25, 0.3) is 0 Å². The molecule has 0 spiro atoms. The van der Waals surface area contributed by atoms with Crippen LogP contribution < -0.4 is 5.32 Å². The lowest BCUT2D eigenvalue weighted by molar-refractivity contribution is -0.149. The summed E-state index contributed by atoms with van der Waals surface area (Å²) in [5.74, 6) is -1.47. The predicted octanol–water partition coefficient (Wildman–Crippen LogP) is 2.78. The van der Waals surface area contributed by atoms with Crippen LogP contribution in [-0.4, -0.2) is 31.1 Å². The van der Waals surface area contributed by atoms with Gasteiger partial charge in [0.1, 0.15) is 0 Å². The van der Waals surface area contributed by atoms with Crippen LogP contribution >= 0.6 is 0 Å². The Kier molecular flexibility index (Phi) is 6.75. The van der Waals surface area contributed by atoms with Crippen molar-refractivity contribution in [1.82, 2.24) is 0 Å². The summed E-state index contributed by atoms with van der Waals surface area (Å²) in [5, 5.41) is 2.55. The van der Waals surface area contributed by atoms with Crippen LogP contribution in [0.1, 0.15) is 44.5 Å². The summed E-state index contributed by atoms with van der Waals surface area (Å²) in [6.45, 7) is 7.27. The number of para-hydroxylation sites is 1. The molecule has 1 amide bonds. The van der Waals surface area contributed by atoms with Gasteiger partial charge in [0.15, 0.2) is 6.61 Å². The maximum atomic E-state index is 11.9. The van der Waals surface area contributed by atoms with E-state index in [2.05, 4.69) is 5.32 Å². The molecule has 0 aliphatic heterocycles. The topological polar surface area (TPSA) is 81.7 Å². The van der Waals surface area contributed by atoms with Gasteiger partial charge in [0, 0.05) is 0 Å². The zero-order chi connectivity index (χ0) is 17.5. The second kappa shape index (κ2) is 8.31. The Bertz CT molecular complexity index is 575. The van der Waals surface area contributed by atoms with Crippen LogP contribution in [0, 0.1) is 5.41 Å². The molecule has 0 saturated heterocycles. The highest BCUT2D eigenvalue weighted by Gasteiger charge is 2.19. The first-order chi connectivity index (χ1) is 10.7. The summed E-state index contributed by atoms with van der Waals surface area (Å²) in [4.78, 5) is 35.3. The highest BCUT2D eigenvalue weighted by Crippen LogP contribution is 2.19. The number of rotatable bonds is 6. The molecule has 0 bridgehead atoms. The minimum absolute atomic E-state index is 0.204. The molecular weight excluding hydrogens is 298 g/mol. The van der Waals surface area contributed by atoms with Crippen LogP contribution in [0.15, 0.2) is 24.3 Å². The molecular formula is C17H23NO5. The first-order valence-corrected chi connectivity index (χ1v) is 7.44. The molecule has 0 saturated carbocycles. The fraction of sp³-hybridized carbons (Fsp3) is 0.471. The standard InChI is InChI=1S/C17H23NO5/c1-5-22-16(21)12-8-6-7-9-13(12)18-14(19)11-23-15(20)10-17(2,3)4/h6-9H,5,10-11H2,1-4H3,(H,18,19). The number of amides is 1. The zero-order valence-electron chi connectivity index (χ0n) is 14.0. The van der Waals surface area contributed by atoms with E-state index in [4.69, 9.17) is 9.47 Å². The number of hydrogen-bond donors (Lipinski definition) is 1. The highest BCUT2D eigenvalue weighted by molar-refractivity contribution is 6.01. The predicted molar refractivity (Wildman–Crippen MR) is 86.1 cm³/mol. The molecule has 1 aromatic carbocycles. The van der Waals surface area contributed by atoms with Crippen LogP contribution in [-0.2, 0) is 19.1 Å². The Morgan fingerprint density at radius 1 is 1.09 bits per heavy atom. The first kappa shape index (κ1) is 18.7. The van der Waals surface area contributed by atoms with Gasteiger partial charge < -0.3 is 14.8 Å². The molecule has 0 aliphatic rings. The average Bonchev–Trinajstić information content (AvgIpc) is 2.44. The van der Waals surface area contributed by atoms with Crippen molar-refractivity contribution in [2.75, 3.05) is 18.5 Å². The normalized spacial score (nSPS) is 10.8. The van der Waals surface area contributed by atoms with E-state index in [1.165, 1.54) is 0 Å². The molecule has 23 heavy (non-hydrogen) atoms. The van der Waals surface area contributed by atoms with E-state index in [0.717, 1.165) is 0 Å². The van der Waals surface area contributed by atoms with Crippen molar-refractivity contribution in [3.63, 3.8) is 0 Å². The molecule has 0 heterocycles. The second-order valence-electron chi connectivity index (χ2n) is 6.21. The maximum absolute atomic E-state index is 11.9. The number of carbonyl (C=O) groups excluding carboxylic acids is 3. The van der Waals surface area contributed by atoms with E-state index >= 15 is 0 Å². The van der Waals surface area contributed by atoms with E-state index in [-0.39, 0.29) is 24.0 Å². The fourth-order valence-corrected chi connectivity index (χ4v) is 1.80. The van der Waals surface area contributed by atoms with Gasteiger partial charge in [0.25, 0.3) is 5.91 Å². The molecule has 6 heteroatoms. The highest BCUT2D eigenvalue weighted by atomic mass is 16.5. The smallest absolute Gasteiger partial charge is 0.340 e. The first-order valence-electron chi connectivity index (χ1n) is 7.44. The number of hydrogen-bond acceptors (Lipinski definition) is 5. The fourth-order valence-electron chi connectivity index (χ4n) is 1.80. The van der Waals surface area contributed by atoms with Gasteiger partial charge in [-0.2, -0.15) is 0 Å². The number of anilines is 1. The van der Waals surface area contributed by atoms with E-state index in [1.54, 1.807) is 31.2 Å². The lowest BCUT2D eigenvalue weighted by Crippen LogP contribution is -2.24. The third-order valence-corrected chi connectivity index (χ3v) is 2.74. The summed E-state index contributed by atoms with van der Waals surface area (Å²) in [6, 6.07) is 6.50. The van der Waals surface area contributed by atoms with Crippen molar-refractivity contribution < 1.29 is 23.9 Å². The quantitative estimate of drug-likeness (QED) is 0.815. The lowest BCUT2D eigenvalue weighted by atomic mass is 9.92. The van der Waals surface area contributed by atoms with E-state index in [0.29, 0.717) is 5.69 Å². The molecule has 0 unspecified atom stereocenters. The number of esters is 2. The monoisotopic (exact) mass is 321 g/mol. The largest absolute Gasteiger partial charge is 0.462 e. The van der Waals surface area contributed by atoms with Crippen molar-refractivity contribution in [1.29, 1.82) is 0 Å². The molecule has 0 fully saturated rings. The minimum Gasteiger partial charge on any atom is -0.462 e. The van der Waals surface area contributed by atoms with Gasteiger partial charge in [-0.15, -0.1) is 0 Å². The summed E-state index contributed by atoms with van der Waals surface area (Å²) >= 11 is 0. The Morgan fingerprint density at radius 2 is 1.74 bits per heavy atom. The number of benzene rings is 1. The Labute approximate surface area is 136 Å². The number of ether oxygens (including phenoxy) is 2. The maximum Gasteiger partial charge on any atom is 0.340 e. The summed E-state index contributed by atoms with van der Waals surface area (Å²) in [6.07, 6.45) is 0.222. The molecule has 0 aliphatic carbocycles. The van der Waals surface area contributed by atoms with Crippen LogP contribution in [0.4, 0.5) is 5.69 Å². The molecule has 126 valence electrons. The Morgan fingerprint density at radius 3 is 2.35 bits per heavy atom. The van der Waals surface area contributed by atoms with Crippen molar-refractivity contribution in [2.24, 2.45) is 5.41 Å². The summed E-state index contributed by atoms with van der Waals surface area (Å²) in [5.41, 5.74) is 0.371. The van der Waals surface area contributed by atoms with Crippen LogP contribution in [0.3, 0.4) is 0 Å². The molecule has 0 aromatic heterocycles. The van der Waals surface area contributed by atoms with E-state index in [9.17, 15) is 14.4 Å². The minimum atomic E-state index is -0.520. The van der Waals surface area contributed by atoms with Crippen molar-refractivity contribution in [2.45, 2.75) is 34.1 Å². The lowest BCUT2D eigenvalue weighted by Gasteiger charge is -2.16. The average molecular weight is 321 g/mol. The van der Waals surface area contributed by atoms with Gasteiger partial charge in [-0.25, -0.2) is 4.79 Å². The van der Waals surface area contributed by atoms with Gasteiger partial charge >= 0.3 is 11.9 Å². The molecule has 0 radical (unpaired) electrons. The van der Waals surface area contributed by atoms with Crippen molar-refractivity contribution in [3.8, 4) is 0 Å². The van der Waals surface area contributed by atoms with Gasteiger partial charge in [-0.1, -0.05) is 32.9 Å². The van der Waals surface area contributed by atoms with Gasteiger partial charge in [-0.3, -0.25) is 9.59 Å². The van der Waals surface area contributed by atoms with E-state index < -0.39 is 24.5 Å². The van der Waals surface area contributed by atoms with Gasteiger partial charge in [0.2, 0.25) is 0 Å². The van der Waals surface area contributed by atoms with Crippen LogP contribution in [0.5, 0.6) is 0 Å². The van der Waals surface area contributed by atoms with Gasteiger partial charge in [0.05, 0.1) is 24.3 Å². The van der Waals surface area contributed by atoms with E-state index in [1.807, 2.05) is 20.8 Å². The van der Waals surface area contributed by atoms with Crippen molar-refractivity contribution >= 4 is 23.5 Å². The molecule has 1 aromatic rings. The summed E-state index contributed by atoms with van der Waals surface area (Å²) in [7, 11) is 0. The number of carbonyl (C=O) groups is 3. The number of nitrogens with one attached hydrogen (secondary N) is 1. The zero-order valence-corrected chi connectivity index (χ0v) is 14.0. The second-order valence-corrected chi connectivity index (χ2v) is 6.21. The Hall–Kier alpha value is -2.37. The third-order valence-electron chi connectivity index (χ3n) is 2.74.